The van der Waals surface area contributed by atoms with Gasteiger partial charge >= 0.3 is 0 Å². The van der Waals surface area contributed by atoms with Crippen molar-refractivity contribution in [3.63, 3.8) is 0 Å². The van der Waals surface area contributed by atoms with Crippen LogP contribution in [0.5, 0.6) is 0 Å². The molecule has 1 aliphatic carbocycles. The van der Waals surface area contributed by atoms with Gasteiger partial charge < -0.3 is 10.6 Å². The van der Waals surface area contributed by atoms with E-state index < -0.39 is 0 Å². The van der Waals surface area contributed by atoms with Crippen molar-refractivity contribution >= 4 is 30.1 Å². The van der Waals surface area contributed by atoms with Gasteiger partial charge in [0.05, 0.1) is 6.54 Å². The Morgan fingerprint density at radius 2 is 1.94 bits per heavy atom. The minimum atomic E-state index is 0. The Bertz CT molecular complexity index is 235. The maximum Gasteiger partial charge on any atom is 0.234 e. The molecule has 0 aromatic heterocycles. The van der Waals surface area contributed by atoms with Crippen LogP contribution in [0.15, 0.2) is 0 Å². The Morgan fingerprint density at radius 3 is 2.39 bits per heavy atom. The van der Waals surface area contributed by atoms with Crippen molar-refractivity contribution in [2.45, 2.75) is 44.3 Å². The third-order valence-electron chi connectivity index (χ3n) is 3.74. The minimum absolute atomic E-state index is 0. The molecule has 0 atom stereocenters. The van der Waals surface area contributed by atoms with Crippen LogP contribution in [0.25, 0.3) is 0 Å². The Morgan fingerprint density at radius 1 is 1.33 bits per heavy atom. The summed E-state index contributed by atoms with van der Waals surface area (Å²) < 4.78 is 0.214. The first-order valence-corrected chi connectivity index (χ1v) is 7.91. The molecule has 108 valence electrons. The highest BCUT2D eigenvalue weighted by Crippen LogP contribution is 2.29. The summed E-state index contributed by atoms with van der Waals surface area (Å²) in [6.45, 7) is 6.64. The van der Waals surface area contributed by atoms with Gasteiger partial charge in [0.2, 0.25) is 5.91 Å². The summed E-state index contributed by atoms with van der Waals surface area (Å²) in [5.41, 5.74) is 0. The van der Waals surface area contributed by atoms with Crippen LogP contribution in [0.1, 0.15) is 39.5 Å². The molecule has 0 aromatic rings. The van der Waals surface area contributed by atoms with Crippen LogP contribution in [0.4, 0.5) is 0 Å². The monoisotopic (exact) mass is 294 g/mol. The molecule has 3 nitrogen and oxygen atoms in total. The van der Waals surface area contributed by atoms with Crippen molar-refractivity contribution < 1.29 is 4.79 Å². The summed E-state index contributed by atoms with van der Waals surface area (Å²) in [5, 5.41) is 6.27. The summed E-state index contributed by atoms with van der Waals surface area (Å²) in [6.07, 6.45) is 6.98. The van der Waals surface area contributed by atoms with E-state index in [9.17, 15) is 4.79 Å². The fourth-order valence-corrected chi connectivity index (χ4v) is 2.69. The topological polar surface area (TPSA) is 41.1 Å². The number of carbonyl (C=O) groups excluding carboxylic acids is 1. The summed E-state index contributed by atoms with van der Waals surface area (Å²) in [7, 11) is 0. The van der Waals surface area contributed by atoms with Crippen molar-refractivity contribution in [1.29, 1.82) is 0 Å². The standard InChI is InChI=1S/C13H26N2OS.ClH/c1-4-13(5-2,17-3)10-15-12(16)9-14-8-11-6-7-11;/h11,14H,4-10H2,1-3H3,(H,15,16);1H. The third-order valence-corrected chi connectivity index (χ3v) is 5.33. The molecule has 18 heavy (non-hydrogen) atoms. The van der Waals surface area contributed by atoms with Crippen molar-refractivity contribution in [1.82, 2.24) is 10.6 Å². The zero-order valence-electron chi connectivity index (χ0n) is 11.8. The quantitative estimate of drug-likeness (QED) is 0.686. The van der Waals surface area contributed by atoms with Gasteiger partial charge in [0, 0.05) is 11.3 Å². The average molecular weight is 295 g/mol. The van der Waals surface area contributed by atoms with Gasteiger partial charge in [0.25, 0.3) is 0 Å². The fraction of sp³-hybridized carbons (Fsp3) is 0.923. The van der Waals surface area contributed by atoms with E-state index >= 15 is 0 Å². The second-order valence-electron chi connectivity index (χ2n) is 4.95. The highest BCUT2D eigenvalue weighted by atomic mass is 35.5. The lowest BCUT2D eigenvalue weighted by atomic mass is 10.0. The van der Waals surface area contributed by atoms with Crippen LogP contribution in [0, 0.1) is 5.92 Å². The molecule has 1 saturated carbocycles. The maximum absolute atomic E-state index is 11.7. The molecule has 0 aromatic carbocycles. The van der Waals surface area contributed by atoms with E-state index in [0.29, 0.717) is 6.54 Å². The molecule has 0 unspecified atom stereocenters. The van der Waals surface area contributed by atoms with Gasteiger partial charge in [-0.15, -0.1) is 12.4 Å². The van der Waals surface area contributed by atoms with E-state index in [4.69, 9.17) is 0 Å². The Labute approximate surface area is 122 Å². The largest absolute Gasteiger partial charge is 0.354 e. The van der Waals surface area contributed by atoms with Gasteiger partial charge in [-0.1, -0.05) is 13.8 Å². The maximum atomic E-state index is 11.7. The van der Waals surface area contributed by atoms with Gasteiger partial charge in [0.1, 0.15) is 0 Å². The molecule has 0 spiro atoms. The van der Waals surface area contributed by atoms with E-state index in [-0.39, 0.29) is 23.1 Å². The number of carbonyl (C=O) groups is 1. The van der Waals surface area contributed by atoms with E-state index in [1.54, 1.807) is 0 Å². The molecule has 0 aliphatic heterocycles. The second kappa shape index (κ2) is 9.05. The SMILES string of the molecule is CCC(CC)(CNC(=O)CNCC1CC1)SC.Cl. The molecule has 0 bridgehead atoms. The van der Waals surface area contributed by atoms with Gasteiger partial charge in [0.15, 0.2) is 0 Å². The van der Waals surface area contributed by atoms with E-state index in [2.05, 4.69) is 30.7 Å². The van der Waals surface area contributed by atoms with Crippen molar-refractivity contribution in [2.24, 2.45) is 5.92 Å². The predicted molar refractivity (Wildman–Crippen MR) is 82.7 cm³/mol. The van der Waals surface area contributed by atoms with E-state index in [1.165, 1.54) is 12.8 Å². The lowest BCUT2D eigenvalue weighted by Crippen LogP contribution is -2.43. The first-order valence-electron chi connectivity index (χ1n) is 6.68. The second-order valence-corrected chi connectivity index (χ2v) is 6.22. The van der Waals surface area contributed by atoms with E-state index in [0.717, 1.165) is 31.8 Å². The first-order chi connectivity index (χ1) is 8.15. The number of amides is 1. The molecule has 1 fully saturated rings. The number of hydrogen-bond donors (Lipinski definition) is 2. The molecule has 5 heteroatoms. The Hall–Kier alpha value is 0.0700. The minimum Gasteiger partial charge on any atom is -0.354 e. The zero-order chi connectivity index (χ0) is 12.7. The normalized spacial score (nSPS) is 15.1. The molecular formula is C13H27ClN2OS. The molecule has 1 amide bonds. The lowest BCUT2D eigenvalue weighted by Gasteiger charge is -2.29. The zero-order valence-corrected chi connectivity index (χ0v) is 13.4. The lowest BCUT2D eigenvalue weighted by molar-refractivity contribution is -0.120. The van der Waals surface area contributed by atoms with Crippen molar-refractivity contribution in [3.8, 4) is 0 Å². The van der Waals surface area contributed by atoms with Gasteiger partial charge in [-0.05, 0) is 44.4 Å². The molecule has 0 heterocycles. The van der Waals surface area contributed by atoms with Crippen LogP contribution < -0.4 is 10.6 Å². The first kappa shape index (κ1) is 18.1. The highest BCUT2D eigenvalue weighted by Gasteiger charge is 2.25. The smallest absolute Gasteiger partial charge is 0.234 e. The van der Waals surface area contributed by atoms with Crippen LogP contribution in [0.3, 0.4) is 0 Å². The number of halogens is 1. The van der Waals surface area contributed by atoms with Crippen LogP contribution >= 0.6 is 24.2 Å². The summed E-state index contributed by atoms with van der Waals surface area (Å²) in [4.78, 5) is 11.7. The summed E-state index contributed by atoms with van der Waals surface area (Å²) >= 11 is 1.86. The van der Waals surface area contributed by atoms with Crippen LogP contribution in [-0.4, -0.2) is 36.5 Å². The molecule has 1 rings (SSSR count). The van der Waals surface area contributed by atoms with Crippen molar-refractivity contribution in [2.75, 3.05) is 25.9 Å². The number of hydrogen-bond acceptors (Lipinski definition) is 3. The van der Waals surface area contributed by atoms with E-state index in [1.807, 2.05) is 11.8 Å². The van der Waals surface area contributed by atoms with Crippen LogP contribution in [0.2, 0.25) is 0 Å². The van der Waals surface area contributed by atoms with Gasteiger partial charge in [-0.3, -0.25) is 4.79 Å². The fourth-order valence-electron chi connectivity index (χ4n) is 1.89. The molecule has 0 radical (unpaired) electrons. The van der Waals surface area contributed by atoms with Crippen LogP contribution in [-0.2, 0) is 4.79 Å². The molecule has 2 N–H and O–H groups in total. The Kier molecular flexibility index (Phi) is 9.09. The predicted octanol–water partition coefficient (Wildman–Crippen LogP) is 2.45. The average Bonchev–Trinajstić information content (AvgIpc) is 3.16. The number of thioether (sulfide) groups is 1. The van der Waals surface area contributed by atoms with Crippen molar-refractivity contribution in [3.05, 3.63) is 0 Å². The number of nitrogens with one attached hydrogen (secondary N) is 2. The third kappa shape index (κ3) is 6.30. The molecular weight excluding hydrogens is 268 g/mol. The summed E-state index contributed by atoms with van der Waals surface area (Å²) in [6, 6.07) is 0. The molecule has 1 aliphatic rings. The van der Waals surface area contributed by atoms with Gasteiger partial charge in [-0.25, -0.2) is 0 Å². The number of rotatable bonds is 9. The molecule has 0 saturated heterocycles. The van der Waals surface area contributed by atoms with Gasteiger partial charge in [-0.2, -0.15) is 11.8 Å². The Balaban J connectivity index is 0.00000289. The highest BCUT2D eigenvalue weighted by molar-refractivity contribution is 8.00. The summed E-state index contributed by atoms with van der Waals surface area (Å²) in [5.74, 6) is 0.963.